The molecule has 2 atom stereocenters. The van der Waals surface area contributed by atoms with E-state index >= 15 is 0 Å². The van der Waals surface area contributed by atoms with Gasteiger partial charge in [0.15, 0.2) is 5.78 Å². The van der Waals surface area contributed by atoms with Crippen LogP contribution in [0, 0.1) is 11.7 Å². The maximum atomic E-state index is 13.5. The molecule has 3 aliphatic rings. The van der Waals surface area contributed by atoms with Crippen molar-refractivity contribution < 1.29 is 14.0 Å². The second-order valence-corrected chi connectivity index (χ2v) is 6.39. The first-order valence-corrected chi connectivity index (χ1v) is 7.75. The molecule has 1 aromatic carbocycles. The molecular weight excluding hydrogens is 305 g/mol. The first-order valence-electron chi connectivity index (χ1n) is 7.37. The molecule has 1 saturated carbocycles. The summed E-state index contributed by atoms with van der Waals surface area (Å²) in [7, 11) is 0. The van der Waals surface area contributed by atoms with E-state index in [4.69, 9.17) is 11.6 Å². The lowest BCUT2D eigenvalue weighted by molar-refractivity contribution is -0.120. The molecule has 1 aromatic rings. The number of rotatable bonds is 1. The Morgan fingerprint density at radius 2 is 1.91 bits per heavy atom. The van der Waals surface area contributed by atoms with Crippen molar-refractivity contribution in [2.75, 3.05) is 0 Å². The van der Waals surface area contributed by atoms with E-state index < -0.39 is 5.82 Å². The summed E-state index contributed by atoms with van der Waals surface area (Å²) in [6.07, 6.45) is 2.18. The molecule has 1 heterocycles. The average molecular weight is 318 g/mol. The van der Waals surface area contributed by atoms with E-state index in [1.807, 2.05) is 0 Å². The van der Waals surface area contributed by atoms with Crippen LogP contribution in [0.4, 0.5) is 4.39 Å². The Bertz CT molecular complexity index is 781. The highest BCUT2D eigenvalue weighted by molar-refractivity contribution is 6.30. The predicted molar refractivity (Wildman–Crippen MR) is 80.6 cm³/mol. The molecular formula is C17H13ClFNO2. The van der Waals surface area contributed by atoms with Gasteiger partial charge < -0.3 is 0 Å². The fraction of sp³-hybridized carbons (Fsp3) is 0.353. The number of nitrogens with zero attached hydrogens (tertiary/aromatic N) is 1. The molecule has 0 N–H and O–H groups in total. The number of aliphatic imine (C=N–C) groups is 1. The van der Waals surface area contributed by atoms with Crippen LogP contribution < -0.4 is 0 Å². The van der Waals surface area contributed by atoms with E-state index in [0.717, 1.165) is 17.0 Å². The molecule has 22 heavy (non-hydrogen) atoms. The van der Waals surface area contributed by atoms with Crippen molar-refractivity contribution in [3.8, 4) is 0 Å². The van der Waals surface area contributed by atoms with Crippen molar-refractivity contribution in [2.24, 2.45) is 10.9 Å². The quantitative estimate of drug-likeness (QED) is 0.794. The third kappa shape index (κ3) is 1.90. The highest BCUT2D eigenvalue weighted by Gasteiger charge is 2.46. The van der Waals surface area contributed by atoms with Crippen LogP contribution in [-0.2, 0) is 9.59 Å². The van der Waals surface area contributed by atoms with Gasteiger partial charge in [-0.25, -0.2) is 4.39 Å². The van der Waals surface area contributed by atoms with Crippen LogP contribution >= 0.6 is 11.6 Å². The molecule has 0 bridgehead atoms. The highest BCUT2D eigenvalue weighted by atomic mass is 35.5. The zero-order chi connectivity index (χ0) is 15.4. The monoisotopic (exact) mass is 317 g/mol. The van der Waals surface area contributed by atoms with Crippen LogP contribution in [0.5, 0.6) is 0 Å². The number of hydrogen-bond donors (Lipinski definition) is 0. The van der Waals surface area contributed by atoms with Crippen LogP contribution in [0.2, 0.25) is 5.02 Å². The van der Waals surface area contributed by atoms with E-state index in [-0.39, 0.29) is 28.4 Å². The van der Waals surface area contributed by atoms with Crippen molar-refractivity contribution >= 4 is 28.9 Å². The van der Waals surface area contributed by atoms with Crippen molar-refractivity contribution in [3.05, 3.63) is 45.9 Å². The minimum absolute atomic E-state index is 0.0135. The molecule has 0 radical (unpaired) electrons. The minimum atomic E-state index is -0.500. The summed E-state index contributed by atoms with van der Waals surface area (Å²) in [5.41, 5.74) is 3.02. The van der Waals surface area contributed by atoms with Crippen LogP contribution in [0.1, 0.15) is 37.2 Å². The van der Waals surface area contributed by atoms with Gasteiger partial charge in [-0.15, -0.1) is 0 Å². The second kappa shape index (κ2) is 4.85. The van der Waals surface area contributed by atoms with Crippen LogP contribution in [0.15, 0.2) is 34.5 Å². The van der Waals surface area contributed by atoms with Crippen LogP contribution in [0.25, 0.3) is 0 Å². The SMILES string of the molecule is O=C1CCC2=C1C(c1ccc(F)c(Cl)c1)C1C(=O)CCC1=N2. The summed E-state index contributed by atoms with van der Waals surface area (Å²) >= 11 is 5.90. The molecule has 1 fully saturated rings. The highest BCUT2D eigenvalue weighted by Crippen LogP contribution is 2.47. The van der Waals surface area contributed by atoms with Gasteiger partial charge in [0.05, 0.1) is 10.9 Å². The topological polar surface area (TPSA) is 46.5 Å². The molecule has 2 unspecified atom stereocenters. The minimum Gasteiger partial charge on any atom is -0.299 e. The van der Waals surface area contributed by atoms with Crippen molar-refractivity contribution in [3.63, 3.8) is 0 Å². The van der Waals surface area contributed by atoms with E-state index in [9.17, 15) is 14.0 Å². The summed E-state index contributed by atoms with van der Waals surface area (Å²) < 4.78 is 13.5. The van der Waals surface area contributed by atoms with Gasteiger partial charge in [0.2, 0.25) is 0 Å². The zero-order valence-corrected chi connectivity index (χ0v) is 12.5. The van der Waals surface area contributed by atoms with Gasteiger partial charge in [-0.1, -0.05) is 17.7 Å². The molecule has 0 saturated heterocycles. The van der Waals surface area contributed by atoms with Gasteiger partial charge in [0.25, 0.3) is 0 Å². The van der Waals surface area contributed by atoms with Crippen LogP contribution in [-0.4, -0.2) is 17.3 Å². The molecule has 0 amide bonds. The standard InChI is InChI=1S/C17H13ClFNO2/c18-9-7-8(1-2-10(9)19)15-16-11(3-5-13(16)21)20-12-4-6-14(22)17(12)15/h1-2,7,15-16H,3-6H2. The maximum absolute atomic E-state index is 13.5. The van der Waals surface area contributed by atoms with Gasteiger partial charge in [0, 0.05) is 35.7 Å². The number of Topliss-reactive ketones (excluding diaryl/α,β-unsaturated/α-hetero) is 2. The summed E-state index contributed by atoms with van der Waals surface area (Å²) in [4.78, 5) is 29.2. The van der Waals surface area contributed by atoms with E-state index in [1.54, 1.807) is 6.07 Å². The Balaban J connectivity index is 1.90. The molecule has 0 aromatic heterocycles. The number of allylic oxidation sites excluding steroid dienone is 2. The second-order valence-electron chi connectivity index (χ2n) is 5.98. The number of benzene rings is 1. The molecule has 4 rings (SSSR count). The number of ketones is 2. The average Bonchev–Trinajstić information content (AvgIpc) is 3.05. The Morgan fingerprint density at radius 1 is 1.09 bits per heavy atom. The molecule has 5 heteroatoms. The van der Waals surface area contributed by atoms with Gasteiger partial charge in [-0.2, -0.15) is 0 Å². The van der Waals surface area contributed by atoms with Gasteiger partial charge in [-0.05, 0) is 30.5 Å². The normalized spacial score (nSPS) is 27.1. The fourth-order valence-corrected chi connectivity index (χ4v) is 3.98. The molecule has 2 aliphatic carbocycles. The molecule has 1 aliphatic heterocycles. The molecule has 0 spiro atoms. The third-order valence-electron chi connectivity index (χ3n) is 4.76. The van der Waals surface area contributed by atoms with Gasteiger partial charge in [0.1, 0.15) is 11.6 Å². The first kappa shape index (κ1) is 13.8. The lowest BCUT2D eigenvalue weighted by Gasteiger charge is -2.28. The largest absolute Gasteiger partial charge is 0.299 e. The predicted octanol–water partition coefficient (Wildman–Crippen LogP) is 3.61. The van der Waals surface area contributed by atoms with E-state index in [1.165, 1.54) is 12.1 Å². The lowest BCUT2D eigenvalue weighted by Crippen LogP contribution is -2.29. The number of carbonyl (C=O) groups excluding carboxylic acids is 2. The summed E-state index contributed by atoms with van der Waals surface area (Å²) in [6, 6.07) is 4.45. The Hall–Kier alpha value is -1.81. The maximum Gasteiger partial charge on any atom is 0.161 e. The number of halogens is 2. The van der Waals surface area contributed by atoms with Crippen molar-refractivity contribution in [1.29, 1.82) is 0 Å². The molecule has 112 valence electrons. The summed E-state index contributed by atoms with van der Waals surface area (Å²) in [5.74, 6) is -1.09. The zero-order valence-electron chi connectivity index (χ0n) is 11.7. The number of hydrogen-bond acceptors (Lipinski definition) is 3. The third-order valence-corrected chi connectivity index (χ3v) is 5.05. The summed E-state index contributed by atoms with van der Waals surface area (Å²) in [6.45, 7) is 0. The summed E-state index contributed by atoms with van der Waals surface area (Å²) in [5, 5.41) is 0.0135. The number of carbonyl (C=O) groups is 2. The van der Waals surface area contributed by atoms with Crippen molar-refractivity contribution in [1.82, 2.24) is 0 Å². The molecule has 3 nitrogen and oxygen atoms in total. The van der Waals surface area contributed by atoms with Gasteiger partial charge >= 0.3 is 0 Å². The Kier molecular flexibility index (Phi) is 3.05. The fourth-order valence-electron chi connectivity index (χ4n) is 3.79. The van der Waals surface area contributed by atoms with Crippen molar-refractivity contribution in [2.45, 2.75) is 31.6 Å². The smallest absolute Gasteiger partial charge is 0.161 e. The lowest BCUT2D eigenvalue weighted by atomic mass is 9.76. The number of fused-ring (bicyclic) bond motifs is 1. The Labute approximate surface area is 131 Å². The first-order chi connectivity index (χ1) is 10.6. The van der Waals surface area contributed by atoms with E-state index in [2.05, 4.69) is 4.99 Å². The van der Waals surface area contributed by atoms with Crippen LogP contribution in [0.3, 0.4) is 0 Å². The van der Waals surface area contributed by atoms with Gasteiger partial charge in [-0.3, -0.25) is 14.6 Å². The Morgan fingerprint density at radius 3 is 2.68 bits per heavy atom. The van der Waals surface area contributed by atoms with E-state index in [0.29, 0.717) is 31.3 Å².